The maximum Gasteiger partial charge on any atom is 0.161 e. The summed E-state index contributed by atoms with van der Waals surface area (Å²) in [6, 6.07) is 10.7. The standard InChI is InChI=1S/C13H11Cl2N5/c1-20(9-4-2-3-8(5-9)7-16)13-11(15)6-10(14)12(18-13)19-17/h2-6H,17H2,1H3,(H,18,19). The van der Waals surface area contributed by atoms with Crippen LogP contribution in [0.3, 0.4) is 0 Å². The lowest BCUT2D eigenvalue weighted by molar-refractivity contribution is 1.11. The predicted octanol–water partition coefficient (Wildman–Crippen LogP) is 3.31. The molecule has 0 aliphatic rings. The third-order valence-electron chi connectivity index (χ3n) is 2.73. The fourth-order valence-electron chi connectivity index (χ4n) is 1.70. The molecule has 0 aliphatic heterocycles. The van der Waals surface area contributed by atoms with Crippen molar-refractivity contribution in [2.24, 2.45) is 5.84 Å². The molecular formula is C13H11Cl2N5. The van der Waals surface area contributed by atoms with Gasteiger partial charge in [-0.25, -0.2) is 10.8 Å². The second-order valence-corrected chi connectivity index (χ2v) is 4.80. The summed E-state index contributed by atoms with van der Waals surface area (Å²) in [7, 11) is 1.79. The number of nitrogens with two attached hydrogens (primary N) is 1. The van der Waals surface area contributed by atoms with Gasteiger partial charge in [0.25, 0.3) is 0 Å². The average Bonchev–Trinajstić information content (AvgIpc) is 2.47. The Kier molecular flexibility index (Phi) is 4.30. The highest BCUT2D eigenvalue weighted by Crippen LogP contribution is 2.33. The number of nitriles is 1. The van der Waals surface area contributed by atoms with Gasteiger partial charge in [-0.3, -0.25) is 0 Å². The van der Waals surface area contributed by atoms with Crippen molar-refractivity contribution >= 4 is 40.5 Å². The molecule has 3 N–H and O–H groups in total. The van der Waals surface area contributed by atoms with Gasteiger partial charge in [-0.05, 0) is 24.3 Å². The molecule has 2 rings (SSSR count). The Morgan fingerprint density at radius 3 is 2.70 bits per heavy atom. The average molecular weight is 308 g/mol. The summed E-state index contributed by atoms with van der Waals surface area (Å²) in [4.78, 5) is 6.02. The minimum absolute atomic E-state index is 0.328. The second kappa shape index (κ2) is 5.97. The van der Waals surface area contributed by atoms with Crippen molar-refractivity contribution in [3.05, 3.63) is 45.9 Å². The first kappa shape index (κ1) is 14.4. The van der Waals surface area contributed by atoms with Gasteiger partial charge in [0.1, 0.15) is 0 Å². The van der Waals surface area contributed by atoms with Crippen molar-refractivity contribution in [3.8, 4) is 6.07 Å². The topological polar surface area (TPSA) is 78.0 Å². The zero-order valence-electron chi connectivity index (χ0n) is 10.6. The third-order valence-corrected chi connectivity index (χ3v) is 3.29. The molecule has 0 amide bonds. The van der Waals surface area contributed by atoms with E-state index in [1.54, 1.807) is 36.2 Å². The zero-order valence-corrected chi connectivity index (χ0v) is 12.1. The molecule has 0 unspecified atom stereocenters. The number of nitrogens with zero attached hydrogens (tertiary/aromatic N) is 3. The highest BCUT2D eigenvalue weighted by atomic mass is 35.5. The molecule has 102 valence electrons. The lowest BCUT2D eigenvalue weighted by Crippen LogP contribution is -2.15. The molecule has 0 bridgehead atoms. The number of hydrogen-bond acceptors (Lipinski definition) is 5. The predicted molar refractivity (Wildman–Crippen MR) is 81.3 cm³/mol. The van der Waals surface area contributed by atoms with Crippen molar-refractivity contribution < 1.29 is 0 Å². The first-order valence-corrected chi connectivity index (χ1v) is 6.39. The second-order valence-electron chi connectivity index (χ2n) is 3.99. The summed E-state index contributed by atoms with van der Waals surface area (Å²) in [5.41, 5.74) is 3.74. The zero-order chi connectivity index (χ0) is 14.7. The molecule has 20 heavy (non-hydrogen) atoms. The molecule has 0 radical (unpaired) electrons. The third kappa shape index (κ3) is 2.78. The van der Waals surface area contributed by atoms with Crippen molar-refractivity contribution in [2.45, 2.75) is 0 Å². The molecular weight excluding hydrogens is 297 g/mol. The number of rotatable bonds is 3. The Labute approximate surface area is 126 Å². The lowest BCUT2D eigenvalue weighted by Gasteiger charge is -2.20. The minimum Gasteiger partial charge on any atom is -0.328 e. The highest BCUT2D eigenvalue weighted by molar-refractivity contribution is 6.37. The monoisotopic (exact) mass is 307 g/mol. The molecule has 2 aromatic rings. The maximum absolute atomic E-state index is 8.93. The van der Waals surface area contributed by atoms with Gasteiger partial charge in [-0.2, -0.15) is 5.26 Å². The van der Waals surface area contributed by atoms with Crippen LogP contribution < -0.4 is 16.2 Å². The fraction of sp³-hybridized carbons (Fsp3) is 0.0769. The Bertz CT molecular complexity index is 681. The van der Waals surface area contributed by atoms with Crippen LogP contribution in [0.1, 0.15) is 5.56 Å². The van der Waals surface area contributed by atoms with Crippen LogP contribution in [0.4, 0.5) is 17.3 Å². The number of nitrogens with one attached hydrogen (secondary N) is 1. The Morgan fingerprint density at radius 1 is 1.30 bits per heavy atom. The number of aromatic nitrogens is 1. The molecule has 0 saturated heterocycles. The van der Waals surface area contributed by atoms with E-state index in [4.69, 9.17) is 34.3 Å². The van der Waals surface area contributed by atoms with E-state index in [1.807, 2.05) is 6.07 Å². The van der Waals surface area contributed by atoms with E-state index in [1.165, 1.54) is 0 Å². The van der Waals surface area contributed by atoms with Gasteiger partial charge in [-0.1, -0.05) is 29.3 Å². The van der Waals surface area contributed by atoms with Crippen molar-refractivity contribution in [1.82, 2.24) is 4.98 Å². The van der Waals surface area contributed by atoms with Gasteiger partial charge in [0.15, 0.2) is 11.6 Å². The molecule has 0 atom stereocenters. The lowest BCUT2D eigenvalue weighted by atomic mass is 10.2. The SMILES string of the molecule is CN(c1cccc(C#N)c1)c1nc(NN)c(Cl)cc1Cl. The molecule has 0 fully saturated rings. The van der Waals surface area contributed by atoms with E-state index in [-0.39, 0.29) is 0 Å². The summed E-state index contributed by atoms with van der Waals surface area (Å²) < 4.78 is 0. The fourth-order valence-corrected chi connectivity index (χ4v) is 2.24. The quantitative estimate of drug-likeness (QED) is 0.672. The molecule has 0 saturated carbocycles. The van der Waals surface area contributed by atoms with Gasteiger partial charge in [0.2, 0.25) is 0 Å². The molecule has 5 nitrogen and oxygen atoms in total. The van der Waals surface area contributed by atoms with Gasteiger partial charge in [-0.15, -0.1) is 0 Å². The summed E-state index contributed by atoms with van der Waals surface area (Å²) in [5.74, 6) is 6.17. The van der Waals surface area contributed by atoms with Gasteiger partial charge < -0.3 is 10.3 Å². The van der Waals surface area contributed by atoms with Crippen molar-refractivity contribution in [1.29, 1.82) is 5.26 Å². The van der Waals surface area contributed by atoms with E-state index < -0.39 is 0 Å². The molecule has 7 heteroatoms. The first-order valence-electron chi connectivity index (χ1n) is 5.63. The van der Waals surface area contributed by atoms with E-state index in [9.17, 15) is 0 Å². The van der Waals surface area contributed by atoms with Crippen LogP contribution in [-0.2, 0) is 0 Å². The molecule has 1 heterocycles. The summed E-state index contributed by atoms with van der Waals surface area (Å²) in [6.07, 6.45) is 0. The molecule has 0 aliphatic carbocycles. The van der Waals surface area contributed by atoms with Crippen LogP contribution in [0.5, 0.6) is 0 Å². The number of hydrazine groups is 1. The largest absolute Gasteiger partial charge is 0.328 e. The van der Waals surface area contributed by atoms with Crippen LogP contribution in [-0.4, -0.2) is 12.0 Å². The number of anilines is 3. The van der Waals surface area contributed by atoms with Gasteiger partial charge >= 0.3 is 0 Å². The van der Waals surface area contributed by atoms with E-state index in [0.717, 1.165) is 5.69 Å². The van der Waals surface area contributed by atoms with Gasteiger partial charge in [0, 0.05) is 12.7 Å². The van der Waals surface area contributed by atoms with Crippen molar-refractivity contribution in [2.75, 3.05) is 17.4 Å². The molecule has 1 aromatic heterocycles. The number of halogens is 2. The highest BCUT2D eigenvalue weighted by Gasteiger charge is 2.14. The smallest absolute Gasteiger partial charge is 0.161 e. The van der Waals surface area contributed by atoms with Gasteiger partial charge in [0.05, 0.1) is 21.7 Å². The summed E-state index contributed by atoms with van der Waals surface area (Å²) >= 11 is 12.1. The Morgan fingerprint density at radius 2 is 2.05 bits per heavy atom. The first-order chi connectivity index (χ1) is 9.56. The van der Waals surface area contributed by atoms with Crippen LogP contribution in [0, 0.1) is 11.3 Å². The Hall–Kier alpha value is -2.00. The normalized spacial score (nSPS) is 9.95. The van der Waals surface area contributed by atoms with Crippen LogP contribution in [0.2, 0.25) is 10.0 Å². The number of benzene rings is 1. The summed E-state index contributed by atoms with van der Waals surface area (Å²) in [5, 5.41) is 9.65. The number of nitrogen functional groups attached to an aromatic ring is 1. The van der Waals surface area contributed by atoms with E-state index in [0.29, 0.717) is 27.2 Å². The van der Waals surface area contributed by atoms with Crippen LogP contribution in [0.15, 0.2) is 30.3 Å². The van der Waals surface area contributed by atoms with E-state index >= 15 is 0 Å². The van der Waals surface area contributed by atoms with Crippen LogP contribution >= 0.6 is 23.2 Å². The summed E-state index contributed by atoms with van der Waals surface area (Å²) in [6.45, 7) is 0. The molecule has 1 aromatic carbocycles. The minimum atomic E-state index is 0.328. The number of hydrogen-bond donors (Lipinski definition) is 2. The van der Waals surface area contributed by atoms with E-state index in [2.05, 4.69) is 16.5 Å². The number of pyridine rings is 1. The Balaban J connectivity index is 2.47. The molecule has 0 spiro atoms. The van der Waals surface area contributed by atoms with Crippen LogP contribution in [0.25, 0.3) is 0 Å². The maximum atomic E-state index is 8.93. The van der Waals surface area contributed by atoms with Crippen molar-refractivity contribution in [3.63, 3.8) is 0 Å².